The number of anilines is 2. The number of nitrogens with one attached hydrogen (secondary N) is 1. The Morgan fingerprint density at radius 3 is 2.30 bits per heavy atom. The van der Waals surface area contributed by atoms with Crippen LogP contribution >= 0.6 is 11.6 Å². The van der Waals surface area contributed by atoms with Gasteiger partial charge in [0.05, 0.1) is 6.10 Å². The van der Waals surface area contributed by atoms with E-state index in [2.05, 4.69) is 5.32 Å². The summed E-state index contributed by atoms with van der Waals surface area (Å²) in [5.41, 5.74) is 2.37. The molecule has 0 aliphatic rings. The Morgan fingerprint density at radius 1 is 0.950 bits per heavy atom. The van der Waals surface area contributed by atoms with Crippen LogP contribution in [0.1, 0.15) is 18.1 Å². The zero-order valence-corrected chi connectivity index (χ0v) is 11.8. The van der Waals surface area contributed by atoms with Crippen LogP contribution in [0, 0.1) is 0 Å². The summed E-state index contributed by atoms with van der Waals surface area (Å²) in [5, 5.41) is 23.4. The number of rotatable bonds is 6. The highest BCUT2D eigenvalue weighted by atomic mass is 35.5. The van der Waals surface area contributed by atoms with Crippen LogP contribution in [-0.4, -0.2) is 22.2 Å². The van der Waals surface area contributed by atoms with E-state index < -0.39 is 12.2 Å². The Labute approximate surface area is 123 Å². The fourth-order valence-electron chi connectivity index (χ4n) is 2.02. The third-order valence-electron chi connectivity index (χ3n) is 3.10. The summed E-state index contributed by atoms with van der Waals surface area (Å²) in [6.07, 6.45) is -1.48. The lowest BCUT2D eigenvalue weighted by atomic mass is 10.0. The molecule has 3 N–H and O–H groups in total. The molecular formula is C16H18ClNO2. The van der Waals surface area contributed by atoms with E-state index in [-0.39, 0.29) is 0 Å². The maximum atomic E-state index is 10.2. The lowest BCUT2D eigenvalue weighted by Crippen LogP contribution is -2.19. The second-order valence-corrected chi connectivity index (χ2v) is 4.95. The van der Waals surface area contributed by atoms with Gasteiger partial charge < -0.3 is 15.5 Å². The van der Waals surface area contributed by atoms with Crippen molar-refractivity contribution >= 4 is 23.0 Å². The van der Waals surface area contributed by atoms with E-state index >= 15 is 0 Å². The monoisotopic (exact) mass is 291 g/mol. The highest BCUT2D eigenvalue weighted by Gasteiger charge is 2.20. The van der Waals surface area contributed by atoms with Gasteiger partial charge >= 0.3 is 0 Å². The Balaban J connectivity index is 2.22. The molecule has 0 saturated heterocycles. The Hall–Kier alpha value is -1.55. The first kappa shape index (κ1) is 14.9. The van der Waals surface area contributed by atoms with Crippen LogP contribution in [0.2, 0.25) is 0 Å². The molecule has 0 aliphatic heterocycles. The van der Waals surface area contributed by atoms with Crippen LogP contribution in [0.15, 0.2) is 54.6 Å². The molecule has 4 heteroatoms. The van der Waals surface area contributed by atoms with Crippen molar-refractivity contribution in [3.8, 4) is 0 Å². The molecule has 0 aliphatic carbocycles. The van der Waals surface area contributed by atoms with Gasteiger partial charge in [0, 0.05) is 22.8 Å². The molecule has 0 bridgehead atoms. The van der Waals surface area contributed by atoms with Crippen LogP contribution in [0.4, 0.5) is 11.4 Å². The van der Waals surface area contributed by atoms with E-state index in [1.54, 1.807) is 6.07 Å². The van der Waals surface area contributed by atoms with Gasteiger partial charge in [-0.2, -0.15) is 0 Å². The predicted molar refractivity (Wildman–Crippen MR) is 82.5 cm³/mol. The minimum absolute atomic E-state index is 0.312. The molecule has 3 nitrogen and oxygen atoms in total. The number of hydrogen-bond donors (Lipinski definition) is 3. The standard InChI is InChI=1S/C16H18ClNO2/c17-11-10-15(19)16(20)13-8-4-5-9-14(13)18-12-6-2-1-3-7-12/h1-9,15-16,18-20H,10-11H2. The average Bonchev–Trinajstić information content (AvgIpc) is 2.48. The molecule has 0 amide bonds. The van der Waals surface area contributed by atoms with Crippen LogP contribution in [0.3, 0.4) is 0 Å². The highest BCUT2D eigenvalue weighted by Crippen LogP contribution is 2.28. The second-order valence-electron chi connectivity index (χ2n) is 4.57. The summed E-state index contributed by atoms with van der Waals surface area (Å²) >= 11 is 5.61. The van der Waals surface area contributed by atoms with Gasteiger partial charge in [-0.3, -0.25) is 0 Å². The smallest absolute Gasteiger partial charge is 0.107 e. The predicted octanol–water partition coefficient (Wildman–Crippen LogP) is 3.45. The minimum atomic E-state index is -0.957. The first-order valence-electron chi connectivity index (χ1n) is 6.55. The number of para-hydroxylation sites is 2. The number of aliphatic hydroxyl groups is 2. The summed E-state index contributed by atoms with van der Waals surface area (Å²) in [6.45, 7) is 0. The lowest BCUT2D eigenvalue weighted by molar-refractivity contribution is 0.0174. The van der Waals surface area contributed by atoms with Crippen LogP contribution < -0.4 is 5.32 Å². The van der Waals surface area contributed by atoms with Gasteiger partial charge in [-0.15, -0.1) is 11.6 Å². The number of benzene rings is 2. The molecule has 2 unspecified atom stereocenters. The van der Waals surface area contributed by atoms with Crippen molar-refractivity contribution < 1.29 is 10.2 Å². The van der Waals surface area contributed by atoms with Crippen molar-refractivity contribution in [1.29, 1.82) is 0 Å². The molecule has 2 aromatic rings. The van der Waals surface area contributed by atoms with Crippen molar-refractivity contribution in [3.63, 3.8) is 0 Å². The molecular weight excluding hydrogens is 274 g/mol. The number of halogens is 1. The SMILES string of the molecule is OC(CCCl)C(O)c1ccccc1Nc1ccccc1. The molecule has 2 atom stereocenters. The Kier molecular flexibility index (Phi) is 5.41. The fourth-order valence-corrected chi connectivity index (χ4v) is 2.25. The van der Waals surface area contributed by atoms with Crippen molar-refractivity contribution in [2.24, 2.45) is 0 Å². The zero-order chi connectivity index (χ0) is 14.4. The van der Waals surface area contributed by atoms with Crippen LogP contribution in [-0.2, 0) is 0 Å². The van der Waals surface area contributed by atoms with Crippen molar-refractivity contribution in [2.45, 2.75) is 18.6 Å². The quantitative estimate of drug-likeness (QED) is 0.715. The first-order valence-corrected chi connectivity index (χ1v) is 7.09. The third kappa shape index (κ3) is 3.73. The molecule has 0 saturated carbocycles. The molecule has 0 aromatic heterocycles. The van der Waals surface area contributed by atoms with E-state index in [0.717, 1.165) is 11.4 Å². The van der Waals surface area contributed by atoms with Crippen molar-refractivity contribution in [2.75, 3.05) is 11.2 Å². The van der Waals surface area contributed by atoms with E-state index in [1.165, 1.54) is 0 Å². The minimum Gasteiger partial charge on any atom is -0.390 e. The van der Waals surface area contributed by atoms with Crippen LogP contribution in [0.25, 0.3) is 0 Å². The summed E-state index contributed by atoms with van der Waals surface area (Å²) < 4.78 is 0. The maximum absolute atomic E-state index is 10.2. The molecule has 106 valence electrons. The first-order chi connectivity index (χ1) is 9.72. The van der Waals surface area contributed by atoms with Gasteiger partial charge in [0.25, 0.3) is 0 Å². The second kappa shape index (κ2) is 7.29. The summed E-state index contributed by atoms with van der Waals surface area (Å²) in [6, 6.07) is 17.1. The average molecular weight is 292 g/mol. The number of hydrogen-bond acceptors (Lipinski definition) is 3. The molecule has 0 heterocycles. The molecule has 2 aromatic carbocycles. The molecule has 20 heavy (non-hydrogen) atoms. The Morgan fingerprint density at radius 2 is 1.60 bits per heavy atom. The van der Waals surface area contributed by atoms with Crippen molar-refractivity contribution in [3.05, 3.63) is 60.2 Å². The molecule has 2 rings (SSSR count). The van der Waals surface area contributed by atoms with Gasteiger partial charge in [-0.25, -0.2) is 0 Å². The summed E-state index contributed by atoms with van der Waals surface area (Å²) in [7, 11) is 0. The van der Waals surface area contributed by atoms with Crippen molar-refractivity contribution in [1.82, 2.24) is 0 Å². The van der Waals surface area contributed by atoms with Gasteiger partial charge in [0.1, 0.15) is 6.10 Å². The molecule has 0 fully saturated rings. The fraction of sp³-hybridized carbons (Fsp3) is 0.250. The normalized spacial score (nSPS) is 13.8. The number of aliphatic hydroxyl groups excluding tert-OH is 2. The van der Waals surface area contributed by atoms with Gasteiger partial charge in [-0.05, 0) is 24.6 Å². The summed E-state index contributed by atoms with van der Waals surface area (Å²) in [5.74, 6) is 0.312. The zero-order valence-electron chi connectivity index (χ0n) is 11.0. The topological polar surface area (TPSA) is 52.5 Å². The summed E-state index contributed by atoms with van der Waals surface area (Å²) in [4.78, 5) is 0. The van der Waals surface area contributed by atoms with E-state index in [0.29, 0.717) is 17.9 Å². The van der Waals surface area contributed by atoms with E-state index in [1.807, 2.05) is 48.5 Å². The highest BCUT2D eigenvalue weighted by molar-refractivity contribution is 6.17. The van der Waals surface area contributed by atoms with Gasteiger partial charge in [0.2, 0.25) is 0 Å². The largest absolute Gasteiger partial charge is 0.390 e. The van der Waals surface area contributed by atoms with E-state index in [9.17, 15) is 10.2 Å². The van der Waals surface area contributed by atoms with Gasteiger partial charge in [-0.1, -0.05) is 36.4 Å². The van der Waals surface area contributed by atoms with Crippen LogP contribution in [0.5, 0.6) is 0 Å². The van der Waals surface area contributed by atoms with E-state index in [4.69, 9.17) is 11.6 Å². The Bertz CT molecular complexity index is 533. The van der Waals surface area contributed by atoms with Gasteiger partial charge in [0.15, 0.2) is 0 Å². The maximum Gasteiger partial charge on any atom is 0.107 e. The third-order valence-corrected chi connectivity index (χ3v) is 3.32. The number of alkyl halides is 1. The molecule has 0 radical (unpaired) electrons. The lowest BCUT2D eigenvalue weighted by Gasteiger charge is -2.21. The molecule has 0 spiro atoms.